The topological polar surface area (TPSA) is 124 Å². The molecule has 2 amide bonds. The molecule has 1 aromatic carbocycles. The first-order valence-corrected chi connectivity index (χ1v) is 15.5. The summed E-state index contributed by atoms with van der Waals surface area (Å²) in [5.41, 5.74) is 14.2. The minimum absolute atomic E-state index is 0.0967. The number of carbonyl (C=O) groups excluding carboxylic acids is 1. The van der Waals surface area contributed by atoms with E-state index in [1.165, 1.54) is 41.5 Å². The average molecular weight is 558 g/mol. The predicted molar refractivity (Wildman–Crippen MR) is 165 cm³/mol. The summed E-state index contributed by atoms with van der Waals surface area (Å²) in [7, 11) is 0. The first kappa shape index (κ1) is 33.6. The number of amides is 2. The van der Waals surface area contributed by atoms with E-state index in [4.69, 9.17) is 15.9 Å². The molecule has 0 bridgehead atoms. The van der Waals surface area contributed by atoms with Crippen LogP contribution < -0.4 is 16.5 Å². The van der Waals surface area contributed by atoms with Crippen molar-refractivity contribution < 1.29 is 14.7 Å². The van der Waals surface area contributed by atoms with Crippen molar-refractivity contribution >= 4 is 17.9 Å². The SMILES string of the molecule is CCCCC(N)CC.CC[C@@H](C)CC(C)CO/C(C)=C(/C=N)N(O)NC(=O)Nc1c2c(cc3c1CCC3)CCC2. The maximum Gasteiger partial charge on any atom is 0.339 e. The van der Waals surface area contributed by atoms with Gasteiger partial charge in [-0.05, 0) is 98.8 Å². The van der Waals surface area contributed by atoms with Crippen molar-refractivity contribution in [3.05, 3.63) is 39.8 Å². The number of nitrogens with zero attached hydrogens (tertiary/aromatic N) is 1. The van der Waals surface area contributed by atoms with Gasteiger partial charge in [-0.1, -0.05) is 59.9 Å². The van der Waals surface area contributed by atoms with Gasteiger partial charge in [-0.15, -0.1) is 0 Å². The number of hydrogen-bond acceptors (Lipinski definition) is 6. The molecule has 2 unspecified atom stereocenters. The number of nitrogens with two attached hydrogens (primary N) is 1. The molecule has 0 fully saturated rings. The van der Waals surface area contributed by atoms with Crippen molar-refractivity contribution in [1.82, 2.24) is 10.6 Å². The van der Waals surface area contributed by atoms with Crippen LogP contribution in [-0.4, -0.2) is 35.3 Å². The zero-order chi connectivity index (χ0) is 29.7. The zero-order valence-electron chi connectivity index (χ0n) is 25.9. The molecule has 6 N–H and O–H groups in total. The van der Waals surface area contributed by atoms with Crippen molar-refractivity contribution in [2.75, 3.05) is 11.9 Å². The summed E-state index contributed by atoms with van der Waals surface area (Å²) in [6, 6.07) is 2.24. The molecule has 3 rings (SSSR count). The molecule has 0 aromatic heterocycles. The van der Waals surface area contributed by atoms with Gasteiger partial charge in [-0.3, -0.25) is 5.21 Å². The smallest absolute Gasteiger partial charge is 0.339 e. The van der Waals surface area contributed by atoms with E-state index in [2.05, 4.69) is 51.4 Å². The van der Waals surface area contributed by atoms with Crippen LogP contribution >= 0.6 is 0 Å². The highest BCUT2D eigenvalue weighted by atomic mass is 16.5. The Morgan fingerprint density at radius 1 is 1.10 bits per heavy atom. The molecule has 0 saturated heterocycles. The first-order valence-electron chi connectivity index (χ1n) is 15.5. The van der Waals surface area contributed by atoms with Gasteiger partial charge >= 0.3 is 6.03 Å². The Bertz CT molecular complexity index is 961. The van der Waals surface area contributed by atoms with E-state index >= 15 is 0 Å². The summed E-state index contributed by atoms with van der Waals surface area (Å²) in [5, 5.41) is 21.7. The number of nitrogens with one attached hydrogen (secondary N) is 3. The summed E-state index contributed by atoms with van der Waals surface area (Å²) in [4.78, 5) is 12.7. The van der Waals surface area contributed by atoms with E-state index in [-0.39, 0.29) is 5.70 Å². The number of rotatable bonds is 14. The van der Waals surface area contributed by atoms with Gasteiger partial charge in [0, 0.05) is 17.9 Å². The lowest BCUT2D eigenvalue weighted by Crippen LogP contribution is -2.42. The Balaban J connectivity index is 0.000000611. The van der Waals surface area contributed by atoms with Crippen LogP contribution in [0.2, 0.25) is 0 Å². The standard InChI is InChI=1S/C25H38N4O3.C7H17N/c1-5-16(2)12-17(3)15-32-18(4)23(14-26)29(31)28-25(30)27-24-21-10-6-8-19(21)13-20-9-7-11-22(20)24;1-3-5-6-7(8)4-2/h13-14,16-17,26,31H,5-12,15H2,1-4H3,(H2,27,28,30);7H,3-6,8H2,1-2H3/b23-18-,26-14?;/t16-,17?;/m1./s1. The summed E-state index contributed by atoms with van der Waals surface area (Å²) in [6.45, 7) is 13.0. The van der Waals surface area contributed by atoms with Crippen LogP contribution in [0.4, 0.5) is 10.5 Å². The normalized spacial score (nSPS) is 16.4. The lowest BCUT2D eigenvalue weighted by atomic mass is 9.96. The molecule has 0 radical (unpaired) electrons. The van der Waals surface area contributed by atoms with E-state index in [1.54, 1.807) is 6.92 Å². The monoisotopic (exact) mass is 557 g/mol. The second-order valence-electron chi connectivity index (χ2n) is 11.7. The molecule has 3 atom stereocenters. The average Bonchev–Trinajstić information content (AvgIpc) is 3.60. The van der Waals surface area contributed by atoms with Crippen molar-refractivity contribution in [3.8, 4) is 0 Å². The van der Waals surface area contributed by atoms with Crippen LogP contribution in [0.15, 0.2) is 17.5 Å². The van der Waals surface area contributed by atoms with Gasteiger partial charge in [0.25, 0.3) is 0 Å². The molecule has 8 nitrogen and oxygen atoms in total. The predicted octanol–water partition coefficient (Wildman–Crippen LogP) is 7.28. The van der Waals surface area contributed by atoms with Crippen molar-refractivity contribution in [1.29, 1.82) is 5.41 Å². The lowest BCUT2D eigenvalue weighted by molar-refractivity contribution is -0.0843. The molecule has 0 aliphatic heterocycles. The minimum Gasteiger partial charge on any atom is -0.496 e. The highest BCUT2D eigenvalue weighted by Crippen LogP contribution is 2.38. The highest BCUT2D eigenvalue weighted by Gasteiger charge is 2.25. The number of anilines is 1. The number of allylic oxidation sites excluding steroid dienone is 2. The molecule has 226 valence electrons. The first-order chi connectivity index (χ1) is 19.1. The van der Waals surface area contributed by atoms with Gasteiger partial charge in [-0.25, -0.2) is 10.2 Å². The van der Waals surface area contributed by atoms with Crippen LogP contribution in [0.1, 0.15) is 115 Å². The number of benzene rings is 1. The molecule has 0 saturated carbocycles. The molecule has 2 aliphatic carbocycles. The number of urea groups is 1. The second kappa shape index (κ2) is 17.3. The minimum atomic E-state index is -0.529. The van der Waals surface area contributed by atoms with Gasteiger partial charge in [0.15, 0.2) is 0 Å². The fourth-order valence-corrected chi connectivity index (χ4v) is 5.51. The van der Waals surface area contributed by atoms with Crippen LogP contribution in [0.3, 0.4) is 0 Å². The molecular weight excluding hydrogens is 502 g/mol. The number of unbranched alkanes of at least 4 members (excludes halogenated alkanes) is 1. The summed E-state index contributed by atoms with van der Waals surface area (Å²) in [5.74, 6) is 1.37. The third-order valence-corrected chi connectivity index (χ3v) is 8.18. The molecule has 0 heterocycles. The number of hydrogen-bond donors (Lipinski definition) is 5. The molecule has 2 aliphatic rings. The number of ether oxygens (including phenoxy) is 1. The van der Waals surface area contributed by atoms with Gasteiger partial charge in [0.2, 0.25) is 0 Å². The third kappa shape index (κ3) is 10.1. The highest BCUT2D eigenvalue weighted by molar-refractivity contribution is 5.92. The fourth-order valence-electron chi connectivity index (χ4n) is 5.51. The Labute approximate surface area is 242 Å². The van der Waals surface area contributed by atoms with E-state index in [1.807, 2.05) is 0 Å². The Kier molecular flexibility index (Phi) is 14.5. The maximum absolute atomic E-state index is 12.7. The quantitative estimate of drug-likeness (QED) is 0.0934. The van der Waals surface area contributed by atoms with Crippen LogP contribution in [0, 0.1) is 17.2 Å². The molecule has 0 spiro atoms. The van der Waals surface area contributed by atoms with Crippen molar-refractivity contribution in [2.24, 2.45) is 17.6 Å². The largest absolute Gasteiger partial charge is 0.496 e. The van der Waals surface area contributed by atoms with Crippen LogP contribution in [0.25, 0.3) is 0 Å². The van der Waals surface area contributed by atoms with E-state index in [9.17, 15) is 10.0 Å². The summed E-state index contributed by atoms with van der Waals surface area (Å²) >= 11 is 0. The van der Waals surface area contributed by atoms with Crippen molar-refractivity contribution in [3.63, 3.8) is 0 Å². The van der Waals surface area contributed by atoms with Crippen LogP contribution in [0.5, 0.6) is 0 Å². The van der Waals surface area contributed by atoms with E-state index in [0.717, 1.165) is 69.7 Å². The van der Waals surface area contributed by atoms with Gasteiger partial charge in [-0.2, -0.15) is 5.17 Å². The van der Waals surface area contributed by atoms with E-state index in [0.29, 0.717) is 35.4 Å². The van der Waals surface area contributed by atoms with Crippen molar-refractivity contribution in [2.45, 2.75) is 125 Å². The Hall–Kier alpha value is -2.58. The van der Waals surface area contributed by atoms with Gasteiger partial charge < -0.3 is 21.2 Å². The maximum atomic E-state index is 12.7. The van der Waals surface area contributed by atoms with Gasteiger partial charge in [0.1, 0.15) is 11.5 Å². The summed E-state index contributed by atoms with van der Waals surface area (Å²) < 4.78 is 5.80. The Morgan fingerprint density at radius 3 is 2.25 bits per heavy atom. The third-order valence-electron chi connectivity index (χ3n) is 8.18. The summed E-state index contributed by atoms with van der Waals surface area (Å²) in [6.07, 6.45) is 14.3. The lowest BCUT2D eigenvalue weighted by Gasteiger charge is -2.23. The molecule has 8 heteroatoms. The van der Waals surface area contributed by atoms with E-state index < -0.39 is 6.03 Å². The fraction of sp³-hybridized carbons (Fsp3) is 0.688. The van der Waals surface area contributed by atoms with Crippen LogP contribution in [-0.2, 0) is 30.4 Å². The zero-order valence-corrected chi connectivity index (χ0v) is 25.9. The molecule has 40 heavy (non-hydrogen) atoms. The molecular formula is C32H55N5O3. The molecule has 1 aromatic rings. The second-order valence-corrected chi connectivity index (χ2v) is 11.7. The number of aryl methyl sites for hydroxylation is 2. The number of fused-ring (bicyclic) bond motifs is 2. The Morgan fingerprint density at radius 2 is 1.73 bits per heavy atom. The number of carbonyl (C=O) groups is 1. The number of hydroxylamine groups is 1. The van der Waals surface area contributed by atoms with Gasteiger partial charge in [0.05, 0.1) is 6.61 Å². The number of hydrazine groups is 1.